The van der Waals surface area contributed by atoms with Crippen LogP contribution in [0.25, 0.3) is 0 Å². The molecule has 0 bridgehead atoms. The SMILES string of the molecule is CCc1c(C(=O)O)sc(=O)n1CC(=O)NCCc1ccccc1. The number of carboxylic acids is 1. The summed E-state index contributed by atoms with van der Waals surface area (Å²) in [6.45, 7) is 2.08. The molecule has 0 atom stereocenters. The number of aromatic carboxylic acids is 1. The molecule has 2 N–H and O–H groups in total. The molecule has 0 aliphatic heterocycles. The van der Waals surface area contributed by atoms with Gasteiger partial charge < -0.3 is 10.4 Å². The van der Waals surface area contributed by atoms with E-state index in [1.807, 2.05) is 30.3 Å². The van der Waals surface area contributed by atoms with Crippen molar-refractivity contribution in [3.8, 4) is 0 Å². The van der Waals surface area contributed by atoms with E-state index in [0.717, 1.165) is 5.56 Å². The molecule has 122 valence electrons. The average Bonchev–Trinajstić information content (AvgIpc) is 2.85. The molecule has 0 fully saturated rings. The summed E-state index contributed by atoms with van der Waals surface area (Å²) in [6.07, 6.45) is 1.09. The van der Waals surface area contributed by atoms with Gasteiger partial charge >= 0.3 is 10.8 Å². The van der Waals surface area contributed by atoms with E-state index in [2.05, 4.69) is 5.32 Å². The van der Waals surface area contributed by atoms with Crippen molar-refractivity contribution in [2.24, 2.45) is 0 Å². The molecular formula is C16H18N2O4S. The number of thiazole rings is 1. The molecule has 0 radical (unpaired) electrons. The van der Waals surface area contributed by atoms with E-state index in [1.165, 1.54) is 4.57 Å². The van der Waals surface area contributed by atoms with E-state index in [1.54, 1.807) is 6.92 Å². The van der Waals surface area contributed by atoms with Crippen LogP contribution in [0.3, 0.4) is 0 Å². The van der Waals surface area contributed by atoms with Crippen molar-refractivity contribution < 1.29 is 14.7 Å². The second-order valence-corrected chi connectivity index (χ2v) is 5.94. The summed E-state index contributed by atoms with van der Waals surface area (Å²) < 4.78 is 1.24. The van der Waals surface area contributed by atoms with Gasteiger partial charge in [-0.25, -0.2) is 4.79 Å². The maximum absolute atomic E-state index is 12.0. The zero-order chi connectivity index (χ0) is 16.8. The third-order valence-corrected chi connectivity index (χ3v) is 4.42. The third-order valence-electron chi connectivity index (χ3n) is 3.41. The highest BCUT2D eigenvalue weighted by molar-refractivity contribution is 7.11. The molecule has 6 nitrogen and oxygen atoms in total. The zero-order valence-corrected chi connectivity index (χ0v) is 13.6. The second kappa shape index (κ2) is 7.73. The van der Waals surface area contributed by atoms with Crippen molar-refractivity contribution in [1.29, 1.82) is 0 Å². The van der Waals surface area contributed by atoms with E-state index in [9.17, 15) is 14.4 Å². The van der Waals surface area contributed by atoms with Gasteiger partial charge in [-0.3, -0.25) is 14.2 Å². The lowest BCUT2D eigenvalue weighted by molar-refractivity contribution is -0.121. The molecule has 23 heavy (non-hydrogen) atoms. The lowest BCUT2D eigenvalue weighted by Gasteiger charge is -2.08. The molecule has 7 heteroatoms. The normalized spacial score (nSPS) is 10.5. The highest BCUT2D eigenvalue weighted by atomic mass is 32.1. The number of nitrogens with zero attached hydrogens (tertiary/aromatic N) is 1. The van der Waals surface area contributed by atoms with Gasteiger partial charge in [0.25, 0.3) is 0 Å². The number of carbonyl (C=O) groups excluding carboxylic acids is 1. The van der Waals surface area contributed by atoms with Crippen LogP contribution in [0.15, 0.2) is 35.1 Å². The van der Waals surface area contributed by atoms with Crippen LogP contribution in [0.1, 0.15) is 27.9 Å². The second-order valence-electron chi connectivity index (χ2n) is 4.97. The Morgan fingerprint density at radius 2 is 1.96 bits per heavy atom. The van der Waals surface area contributed by atoms with E-state index in [-0.39, 0.29) is 17.3 Å². The Hall–Kier alpha value is -2.41. The van der Waals surface area contributed by atoms with Crippen molar-refractivity contribution in [1.82, 2.24) is 9.88 Å². The maximum Gasteiger partial charge on any atom is 0.347 e. The van der Waals surface area contributed by atoms with Gasteiger partial charge in [-0.2, -0.15) is 0 Å². The smallest absolute Gasteiger partial charge is 0.347 e. The molecule has 1 aromatic carbocycles. The summed E-state index contributed by atoms with van der Waals surface area (Å²) in [7, 11) is 0. The fourth-order valence-corrected chi connectivity index (χ4v) is 3.22. The van der Waals surface area contributed by atoms with E-state index in [0.29, 0.717) is 36.4 Å². The minimum Gasteiger partial charge on any atom is -0.477 e. The number of carboxylic acid groups (broad SMARTS) is 1. The Morgan fingerprint density at radius 3 is 2.57 bits per heavy atom. The quantitative estimate of drug-likeness (QED) is 0.804. The van der Waals surface area contributed by atoms with Gasteiger partial charge in [0.2, 0.25) is 5.91 Å². The standard InChI is InChI=1S/C16H18N2O4S/c1-2-12-14(15(20)21)23-16(22)18(12)10-13(19)17-9-8-11-6-4-3-5-7-11/h3-7H,2,8-10H2,1H3,(H,17,19)(H,20,21). The lowest BCUT2D eigenvalue weighted by atomic mass is 10.1. The Bertz CT molecular complexity index is 749. The lowest BCUT2D eigenvalue weighted by Crippen LogP contribution is -2.32. The number of hydrogen-bond acceptors (Lipinski definition) is 4. The van der Waals surface area contributed by atoms with Gasteiger partial charge in [0.1, 0.15) is 11.4 Å². The van der Waals surface area contributed by atoms with Crippen LogP contribution in [-0.2, 0) is 24.2 Å². The van der Waals surface area contributed by atoms with Crippen LogP contribution in [0.4, 0.5) is 0 Å². The largest absolute Gasteiger partial charge is 0.477 e. The average molecular weight is 334 g/mol. The Kier molecular flexibility index (Phi) is 5.70. The molecule has 0 saturated heterocycles. The van der Waals surface area contributed by atoms with E-state index >= 15 is 0 Å². The van der Waals surface area contributed by atoms with Gasteiger partial charge in [-0.05, 0) is 18.4 Å². The third kappa shape index (κ3) is 4.29. The van der Waals surface area contributed by atoms with Crippen LogP contribution >= 0.6 is 11.3 Å². The molecule has 2 rings (SSSR count). The number of hydrogen-bond donors (Lipinski definition) is 2. The fraction of sp³-hybridized carbons (Fsp3) is 0.312. The van der Waals surface area contributed by atoms with Gasteiger partial charge in [-0.1, -0.05) is 48.6 Å². The minimum absolute atomic E-state index is 0.00888. The van der Waals surface area contributed by atoms with Crippen molar-refractivity contribution >= 4 is 23.2 Å². The van der Waals surface area contributed by atoms with Crippen LogP contribution in [0.2, 0.25) is 0 Å². The molecule has 1 amide bonds. The number of amides is 1. The van der Waals surface area contributed by atoms with Crippen LogP contribution in [0.5, 0.6) is 0 Å². The van der Waals surface area contributed by atoms with Crippen molar-refractivity contribution in [3.63, 3.8) is 0 Å². The van der Waals surface area contributed by atoms with Gasteiger partial charge in [0.05, 0.1) is 0 Å². The monoisotopic (exact) mass is 334 g/mol. The number of benzene rings is 1. The summed E-state index contributed by atoms with van der Waals surface area (Å²) in [4.78, 5) is 34.6. The zero-order valence-electron chi connectivity index (χ0n) is 12.7. The Morgan fingerprint density at radius 1 is 1.26 bits per heavy atom. The van der Waals surface area contributed by atoms with Crippen molar-refractivity contribution in [3.05, 3.63) is 56.1 Å². The first kappa shape index (κ1) is 17.0. The first-order valence-electron chi connectivity index (χ1n) is 7.29. The number of rotatable bonds is 7. The number of aromatic nitrogens is 1. The predicted octanol–water partition coefficient (Wildman–Crippen LogP) is 1.53. The van der Waals surface area contributed by atoms with E-state index in [4.69, 9.17) is 5.11 Å². The van der Waals surface area contributed by atoms with Crippen LogP contribution < -0.4 is 10.2 Å². The summed E-state index contributed by atoms with van der Waals surface area (Å²) in [5, 5.41) is 11.8. The molecular weight excluding hydrogens is 316 g/mol. The molecule has 0 spiro atoms. The van der Waals surface area contributed by atoms with E-state index < -0.39 is 10.8 Å². The number of nitrogens with one attached hydrogen (secondary N) is 1. The minimum atomic E-state index is -1.13. The highest BCUT2D eigenvalue weighted by Gasteiger charge is 2.20. The Labute approximate surface area is 137 Å². The molecule has 1 aromatic heterocycles. The topological polar surface area (TPSA) is 88.4 Å². The highest BCUT2D eigenvalue weighted by Crippen LogP contribution is 2.13. The summed E-state index contributed by atoms with van der Waals surface area (Å²) in [6, 6.07) is 9.75. The van der Waals surface area contributed by atoms with Crippen LogP contribution in [-0.4, -0.2) is 28.1 Å². The summed E-state index contributed by atoms with van der Waals surface area (Å²) in [5.74, 6) is -1.43. The molecule has 0 unspecified atom stereocenters. The van der Waals surface area contributed by atoms with Crippen molar-refractivity contribution in [2.45, 2.75) is 26.3 Å². The maximum atomic E-state index is 12.0. The summed E-state index contributed by atoms with van der Waals surface area (Å²) >= 11 is 0.664. The molecule has 0 aliphatic carbocycles. The fourth-order valence-electron chi connectivity index (χ4n) is 2.30. The van der Waals surface area contributed by atoms with Crippen molar-refractivity contribution in [2.75, 3.05) is 6.54 Å². The summed E-state index contributed by atoms with van der Waals surface area (Å²) in [5.41, 5.74) is 1.51. The Balaban J connectivity index is 1.98. The molecule has 2 aromatic rings. The first-order chi connectivity index (χ1) is 11.0. The van der Waals surface area contributed by atoms with Gasteiger partial charge in [0, 0.05) is 12.2 Å². The molecule has 0 aliphatic rings. The molecule has 0 saturated carbocycles. The van der Waals surface area contributed by atoms with Crippen LogP contribution in [0, 0.1) is 0 Å². The number of carbonyl (C=O) groups is 2. The first-order valence-corrected chi connectivity index (χ1v) is 8.11. The van der Waals surface area contributed by atoms with Gasteiger partial charge in [0.15, 0.2) is 0 Å². The molecule has 1 heterocycles. The predicted molar refractivity (Wildman–Crippen MR) is 88.1 cm³/mol. The van der Waals surface area contributed by atoms with Gasteiger partial charge in [-0.15, -0.1) is 0 Å².